The molecule has 118 valence electrons. The van der Waals surface area contributed by atoms with Gasteiger partial charge in [-0.1, -0.05) is 44.7 Å². The third-order valence-corrected chi connectivity index (χ3v) is 4.85. The Labute approximate surface area is 124 Å². The van der Waals surface area contributed by atoms with Gasteiger partial charge < -0.3 is 16.3 Å². The van der Waals surface area contributed by atoms with Crippen molar-refractivity contribution in [2.45, 2.75) is 78.2 Å². The van der Waals surface area contributed by atoms with Crippen LogP contribution >= 0.6 is 0 Å². The quantitative estimate of drug-likeness (QED) is 0.167. The summed E-state index contributed by atoms with van der Waals surface area (Å²) in [7, 11) is 0. The smallest absolute Gasteiger partial charge is 0.144 e. The van der Waals surface area contributed by atoms with Crippen molar-refractivity contribution < 1.29 is 5.21 Å². The van der Waals surface area contributed by atoms with Gasteiger partial charge in [-0.15, -0.1) is 0 Å². The van der Waals surface area contributed by atoms with Gasteiger partial charge in [0.2, 0.25) is 0 Å². The molecule has 0 aliphatic heterocycles. The average Bonchev–Trinajstić information content (AvgIpc) is 2.71. The van der Waals surface area contributed by atoms with Crippen LogP contribution in [0.4, 0.5) is 0 Å². The molecule has 4 heteroatoms. The predicted octanol–water partition coefficient (Wildman–Crippen LogP) is 3.49. The van der Waals surface area contributed by atoms with Crippen LogP contribution in [0, 0.1) is 11.3 Å². The number of rotatable bonds is 7. The van der Waals surface area contributed by atoms with Crippen LogP contribution in [-0.4, -0.2) is 23.6 Å². The van der Waals surface area contributed by atoms with E-state index in [-0.39, 0.29) is 5.41 Å². The topological polar surface area (TPSA) is 70.6 Å². The lowest BCUT2D eigenvalue weighted by atomic mass is 9.86. The zero-order valence-electron chi connectivity index (χ0n) is 13.5. The largest absolute Gasteiger partial charge is 0.409 e. The van der Waals surface area contributed by atoms with Crippen molar-refractivity contribution in [1.29, 1.82) is 0 Å². The molecule has 1 saturated carbocycles. The van der Waals surface area contributed by atoms with Crippen LogP contribution in [0.3, 0.4) is 0 Å². The van der Waals surface area contributed by atoms with E-state index in [1.807, 2.05) is 13.8 Å². The second kappa shape index (κ2) is 8.50. The standard InChI is InChI=1S/C16H33N3O/c1-13(14-9-6-4-5-7-10-14)18-12-8-11-16(2,3)15(17)19-20/h13-14,18,20H,4-12H2,1-3H3,(H2,17,19)/t13-/m1/s1. The van der Waals surface area contributed by atoms with Crippen molar-refractivity contribution in [3.8, 4) is 0 Å². The highest BCUT2D eigenvalue weighted by Crippen LogP contribution is 2.26. The summed E-state index contributed by atoms with van der Waals surface area (Å²) in [6, 6.07) is 0.611. The van der Waals surface area contributed by atoms with E-state index < -0.39 is 0 Å². The highest BCUT2D eigenvalue weighted by Gasteiger charge is 2.23. The molecule has 0 bridgehead atoms. The van der Waals surface area contributed by atoms with Crippen molar-refractivity contribution in [2.24, 2.45) is 22.2 Å². The molecular weight excluding hydrogens is 250 g/mol. The second-order valence-corrected chi connectivity index (χ2v) is 6.97. The molecule has 0 heterocycles. The van der Waals surface area contributed by atoms with Crippen molar-refractivity contribution in [3.63, 3.8) is 0 Å². The van der Waals surface area contributed by atoms with Crippen LogP contribution in [0.15, 0.2) is 5.16 Å². The summed E-state index contributed by atoms with van der Waals surface area (Å²) in [6.45, 7) is 7.39. The van der Waals surface area contributed by atoms with Gasteiger partial charge in [-0.3, -0.25) is 0 Å². The Morgan fingerprint density at radius 2 is 1.90 bits per heavy atom. The number of nitrogens with two attached hydrogens (primary N) is 1. The van der Waals surface area contributed by atoms with Crippen LogP contribution in [0.2, 0.25) is 0 Å². The monoisotopic (exact) mass is 283 g/mol. The Balaban J connectivity index is 2.23. The van der Waals surface area contributed by atoms with E-state index in [0.29, 0.717) is 11.9 Å². The number of nitrogens with one attached hydrogen (secondary N) is 1. The molecule has 1 fully saturated rings. The van der Waals surface area contributed by atoms with Crippen LogP contribution in [0.1, 0.15) is 72.1 Å². The summed E-state index contributed by atoms with van der Waals surface area (Å²) < 4.78 is 0. The van der Waals surface area contributed by atoms with Gasteiger partial charge in [-0.05, 0) is 45.1 Å². The maximum absolute atomic E-state index is 8.76. The molecular formula is C16H33N3O. The summed E-state index contributed by atoms with van der Waals surface area (Å²) in [4.78, 5) is 0. The van der Waals surface area contributed by atoms with Crippen molar-refractivity contribution in [3.05, 3.63) is 0 Å². The van der Waals surface area contributed by atoms with Crippen LogP contribution in [0.5, 0.6) is 0 Å². The van der Waals surface area contributed by atoms with E-state index in [1.165, 1.54) is 38.5 Å². The molecule has 0 aromatic rings. The molecule has 0 spiro atoms. The molecule has 1 rings (SSSR count). The fraction of sp³-hybridized carbons (Fsp3) is 0.938. The first-order valence-corrected chi connectivity index (χ1v) is 8.19. The summed E-state index contributed by atoms with van der Waals surface area (Å²) in [6.07, 6.45) is 10.4. The molecule has 0 aromatic carbocycles. The van der Waals surface area contributed by atoms with Crippen LogP contribution in [0.25, 0.3) is 0 Å². The minimum Gasteiger partial charge on any atom is -0.409 e. The lowest BCUT2D eigenvalue weighted by Crippen LogP contribution is -2.36. The van der Waals surface area contributed by atoms with E-state index in [1.54, 1.807) is 0 Å². The van der Waals surface area contributed by atoms with E-state index >= 15 is 0 Å². The molecule has 4 nitrogen and oxygen atoms in total. The van der Waals surface area contributed by atoms with Gasteiger partial charge in [0.15, 0.2) is 0 Å². The molecule has 1 aliphatic rings. The highest BCUT2D eigenvalue weighted by molar-refractivity contribution is 5.85. The maximum atomic E-state index is 8.76. The van der Waals surface area contributed by atoms with Crippen molar-refractivity contribution in [1.82, 2.24) is 5.32 Å². The van der Waals surface area contributed by atoms with Gasteiger partial charge in [0.05, 0.1) is 0 Å². The second-order valence-electron chi connectivity index (χ2n) is 6.97. The van der Waals surface area contributed by atoms with Crippen molar-refractivity contribution >= 4 is 5.84 Å². The van der Waals surface area contributed by atoms with Gasteiger partial charge >= 0.3 is 0 Å². The minimum absolute atomic E-state index is 0.220. The first-order chi connectivity index (χ1) is 9.47. The van der Waals surface area contributed by atoms with Gasteiger partial charge in [-0.25, -0.2) is 0 Å². The molecule has 0 aromatic heterocycles. The fourth-order valence-electron chi connectivity index (χ4n) is 3.10. The SMILES string of the molecule is C[C@@H](NCCCC(C)(C)C(N)=NO)C1CCCCCC1. The summed E-state index contributed by atoms with van der Waals surface area (Å²) in [5, 5.41) is 15.6. The Bertz CT molecular complexity index is 294. The highest BCUT2D eigenvalue weighted by atomic mass is 16.4. The van der Waals surface area contributed by atoms with E-state index in [4.69, 9.17) is 10.9 Å². The molecule has 0 unspecified atom stereocenters. The summed E-state index contributed by atoms with van der Waals surface area (Å²) >= 11 is 0. The Kier molecular flexibility index (Phi) is 7.35. The maximum Gasteiger partial charge on any atom is 0.144 e. The number of nitrogens with zero attached hydrogens (tertiary/aromatic N) is 1. The van der Waals surface area contributed by atoms with Gasteiger partial charge in [0.25, 0.3) is 0 Å². The van der Waals surface area contributed by atoms with Gasteiger partial charge in [-0.2, -0.15) is 0 Å². The van der Waals surface area contributed by atoms with E-state index in [2.05, 4.69) is 17.4 Å². The minimum atomic E-state index is -0.220. The Hall–Kier alpha value is -0.770. The number of hydrogen-bond donors (Lipinski definition) is 3. The number of amidine groups is 1. The van der Waals surface area contributed by atoms with Crippen molar-refractivity contribution in [2.75, 3.05) is 6.54 Å². The lowest BCUT2D eigenvalue weighted by Gasteiger charge is -2.26. The van der Waals surface area contributed by atoms with E-state index in [0.717, 1.165) is 25.3 Å². The summed E-state index contributed by atoms with van der Waals surface area (Å²) in [5.74, 6) is 1.17. The Morgan fingerprint density at radius 3 is 2.45 bits per heavy atom. The molecule has 1 atom stereocenters. The molecule has 0 radical (unpaired) electrons. The van der Waals surface area contributed by atoms with Gasteiger partial charge in [0, 0.05) is 11.5 Å². The molecule has 0 amide bonds. The third-order valence-electron chi connectivity index (χ3n) is 4.85. The Morgan fingerprint density at radius 1 is 1.30 bits per heavy atom. The average molecular weight is 283 g/mol. The number of oxime groups is 1. The molecule has 20 heavy (non-hydrogen) atoms. The third kappa shape index (κ3) is 5.70. The normalized spacial score (nSPS) is 20.6. The lowest BCUT2D eigenvalue weighted by molar-refractivity contribution is 0.301. The van der Waals surface area contributed by atoms with E-state index in [9.17, 15) is 0 Å². The molecule has 1 aliphatic carbocycles. The first kappa shape index (κ1) is 17.3. The zero-order valence-corrected chi connectivity index (χ0v) is 13.5. The number of hydrogen-bond acceptors (Lipinski definition) is 3. The fourth-order valence-corrected chi connectivity index (χ4v) is 3.10. The zero-order chi connectivity index (χ0) is 15.0. The molecule has 0 saturated heterocycles. The predicted molar refractivity (Wildman–Crippen MR) is 85.1 cm³/mol. The van der Waals surface area contributed by atoms with Crippen LogP contribution in [-0.2, 0) is 0 Å². The van der Waals surface area contributed by atoms with Gasteiger partial charge in [0.1, 0.15) is 5.84 Å². The molecule has 4 N–H and O–H groups in total. The van der Waals surface area contributed by atoms with Crippen LogP contribution < -0.4 is 11.1 Å². The first-order valence-electron chi connectivity index (χ1n) is 8.19. The summed E-state index contributed by atoms with van der Waals surface area (Å²) in [5.41, 5.74) is 5.49.